The van der Waals surface area contributed by atoms with E-state index in [0.717, 1.165) is 17.1 Å². The predicted octanol–water partition coefficient (Wildman–Crippen LogP) is 4.84. The van der Waals surface area contributed by atoms with Crippen molar-refractivity contribution in [2.24, 2.45) is 0 Å². The minimum absolute atomic E-state index is 0.0638. The van der Waals surface area contributed by atoms with E-state index in [1.54, 1.807) is 17.5 Å². The van der Waals surface area contributed by atoms with Crippen molar-refractivity contribution in [3.8, 4) is 0 Å². The molecule has 1 N–H and O–H groups in total. The van der Waals surface area contributed by atoms with Gasteiger partial charge in [0.1, 0.15) is 10.7 Å². The topological polar surface area (TPSA) is 67.2 Å². The second-order valence-corrected chi connectivity index (χ2v) is 8.94. The smallest absolute Gasteiger partial charge is 0.270 e. The zero-order valence-corrected chi connectivity index (χ0v) is 19.5. The number of carbonyl (C=O) groups excluding carboxylic acids is 2. The summed E-state index contributed by atoms with van der Waals surface area (Å²) in [6.07, 6.45) is 2.81. The summed E-state index contributed by atoms with van der Waals surface area (Å²) in [6, 6.07) is 11.2. The third kappa shape index (κ3) is 5.95. The molecule has 0 bridgehead atoms. The molecular weight excluding hydrogens is 432 g/mol. The van der Waals surface area contributed by atoms with Crippen LogP contribution in [0.25, 0.3) is 0 Å². The third-order valence-corrected chi connectivity index (χ3v) is 5.83. The van der Waals surface area contributed by atoms with Crippen LogP contribution in [0.1, 0.15) is 58.7 Å². The Kier molecular flexibility index (Phi) is 7.87. The first-order valence-electron chi connectivity index (χ1n) is 10.3. The Hall–Kier alpha value is -2.64. The highest BCUT2D eigenvalue weighted by Crippen LogP contribution is 2.20. The Balaban J connectivity index is 1.74. The maximum Gasteiger partial charge on any atom is 0.270 e. The zero-order valence-electron chi connectivity index (χ0n) is 18.0. The fraction of sp³-hybridized carbons (Fsp3) is 0.348. The molecule has 0 atom stereocenters. The molecule has 0 spiro atoms. The highest BCUT2D eigenvalue weighted by molar-refractivity contribution is 7.09. The lowest BCUT2D eigenvalue weighted by molar-refractivity contribution is 0.0739. The zero-order chi connectivity index (χ0) is 22.4. The molecule has 2 amide bonds. The summed E-state index contributed by atoms with van der Waals surface area (Å²) < 4.78 is 2.06. The fourth-order valence-electron chi connectivity index (χ4n) is 3.24. The van der Waals surface area contributed by atoms with Gasteiger partial charge in [0.15, 0.2) is 0 Å². The Morgan fingerprint density at radius 2 is 2.00 bits per heavy atom. The molecular formula is C23H27ClN4O2S. The molecule has 2 aromatic heterocycles. The Bertz CT molecular complexity index is 1040. The lowest BCUT2D eigenvalue weighted by atomic mass is 10.2. The van der Waals surface area contributed by atoms with Crippen LogP contribution in [0.15, 0.2) is 48.0 Å². The number of rotatable bonds is 9. The highest BCUT2D eigenvalue weighted by Gasteiger charge is 2.19. The number of nitrogens with zero attached hydrogens (tertiary/aromatic N) is 3. The summed E-state index contributed by atoms with van der Waals surface area (Å²) in [4.78, 5) is 31.6. The van der Waals surface area contributed by atoms with Crippen molar-refractivity contribution in [2.75, 3.05) is 6.54 Å². The molecule has 164 valence electrons. The number of hydrogen-bond donors (Lipinski definition) is 1. The molecule has 0 fully saturated rings. The van der Waals surface area contributed by atoms with E-state index in [1.165, 1.54) is 11.3 Å². The normalized spacial score (nSPS) is 11.0. The van der Waals surface area contributed by atoms with Gasteiger partial charge in [-0.3, -0.25) is 9.59 Å². The fourth-order valence-corrected chi connectivity index (χ4v) is 4.23. The van der Waals surface area contributed by atoms with Crippen LogP contribution in [0.5, 0.6) is 0 Å². The van der Waals surface area contributed by atoms with Crippen molar-refractivity contribution in [1.29, 1.82) is 0 Å². The average molecular weight is 459 g/mol. The van der Waals surface area contributed by atoms with Gasteiger partial charge in [0.25, 0.3) is 11.8 Å². The van der Waals surface area contributed by atoms with Gasteiger partial charge in [0.05, 0.1) is 23.7 Å². The van der Waals surface area contributed by atoms with Crippen LogP contribution in [0, 0.1) is 0 Å². The molecule has 3 rings (SSSR count). The standard InChI is InChI=1S/C23H27ClN4O2S/c1-4-11-28(23(30)18-9-5-6-10-19(18)24)13-17-8-7-12-27(17)14-21-26-20(15-31-21)22(29)25-16(2)3/h5-10,12,15-16H,4,11,13-14H2,1-3H3,(H,25,29). The van der Waals surface area contributed by atoms with Crippen LogP contribution in [0.2, 0.25) is 5.02 Å². The van der Waals surface area contributed by atoms with Gasteiger partial charge in [-0.05, 0) is 44.5 Å². The first-order chi connectivity index (χ1) is 14.9. The highest BCUT2D eigenvalue weighted by atomic mass is 35.5. The molecule has 0 unspecified atom stereocenters. The third-order valence-electron chi connectivity index (χ3n) is 4.67. The van der Waals surface area contributed by atoms with Crippen LogP contribution in [0.3, 0.4) is 0 Å². The van der Waals surface area contributed by atoms with E-state index in [0.29, 0.717) is 35.9 Å². The molecule has 8 heteroatoms. The second kappa shape index (κ2) is 10.6. The van der Waals surface area contributed by atoms with Crippen LogP contribution in [-0.4, -0.2) is 38.9 Å². The molecule has 2 heterocycles. The van der Waals surface area contributed by atoms with E-state index >= 15 is 0 Å². The summed E-state index contributed by atoms with van der Waals surface area (Å²) in [5.74, 6) is -0.244. The van der Waals surface area contributed by atoms with Gasteiger partial charge < -0.3 is 14.8 Å². The van der Waals surface area contributed by atoms with Crippen LogP contribution < -0.4 is 5.32 Å². The van der Waals surface area contributed by atoms with E-state index in [1.807, 2.05) is 56.1 Å². The molecule has 1 aromatic carbocycles. The number of hydrogen-bond acceptors (Lipinski definition) is 4. The van der Waals surface area contributed by atoms with Crippen molar-refractivity contribution in [3.63, 3.8) is 0 Å². The van der Waals surface area contributed by atoms with Gasteiger partial charge >= 0.3 is 0 Å². The van der Waals surface area contributed by atoms with Crippen molar-refractivity contribution < 1.29 is 9.59 Å². The number of amides is 2. The first-order valence-corrected chi connectivity index (χ1v) is 11.6. The quantitative estimate of drug-likeness (QED) is 0.499. The molecule has 0 aliphatic carbocycles. The van der Waals surface area contributed by atoms with Crippen LogP contribution in [-0.2, 0) is 13.1 Å². The number of nitrogens with one attached hydrogen (secondary N) is 1. The molecule has 3 aromatic rings. The molecule has 0 aliphatic heterocycles. The van der Waals surface area contributed by atoms with Gasteiger partial charge in [-0.25, -0.2) is 4.98 Å². The summed E-state index contributed by atoms with van der Waals surface area (Å²) in [5.41, 5.74) is 1.94. The van der Waals surface area contributed by atoms with E-state index in [2.05, 4.69) is 14.9 Å². The second-order valence-electron chi connectivity index (χ2n) is 7.59. The number of halogens is 1. The van der Waals surface area contributed by atoms with Gasteiger partial charge in [-0.2, -0.15) is 0 Å². The van der Waals surface area contributed by atoms with Gasteiger partial charge in [0.2, 0.25) is 0 Å². The van der Waals surface area contributed by atoms with Crippen molar-refractivity contribution in [1.82, 2.24) is 19.8 Å². The largest absolute Gasteiger partial charge is 0.349 e. The van der Waals surface area contributed by atoms with Gasteiger partial charge in [-0.15, -0.1) is 11.3 Å². The molecule has 31 heavy (non-hydrogen) atoms. The predicted molar refractivity (Wildman–Crippen MR) is 125 cm³/mol. The molecule has 0 saturated carbocycles. The lowest BCUT2D eigenvalue weighted by Gasteiger charge is -2.23. The minimum atomic E-state index is -0.162. The van der Waals surface area contributed by atoms with E-state index in [4.69, 9.17) is 11.6 Å². The van der Waals surface area contributed by atoms with Crippen LogP contribution in [0.4, 0.5) is 0 Å². The van der Waals surface area contributed by atoms with Gasteiger partial charge in [-0.1, -0.05) is 30.7 Å². The Morgan fingerprint density at radius 3 is 2.71 bits per heavy atom. The SMILES string of the molecule is CCCN(Cc1cccn1Cc1nc(C(=O)NC(C)C)cs1)C(=O)c1ccccc1Cl. The van der Waals surface area contributed by atoms with Crippen LogP contribution >= 0.6 is 22.9 Å². The van der Waals surface area contributed by atoms with E-state index in [-0.39, 0.29) is 17.9 Å². The Morgan fingerprint density at radius 1 is 1.23 bits per heavy atom. The van der Waals surface area contributed by atoms with Crippen molar-refractivity contribution >= 4 is 34.8 Å². The van der Waals surface area contributed by atoms with Gasteiger partial charge in [0, 0.05) is 29.9 Å². The lowest BCUT2D eigenvalue weighted by Crippen LogP contribution is -2.32. The summed E-state index contributed by atoms with van der Waals surface area (Å²) >= 11 is 7.71. The van der Waals surface area contributed by atoms with E-state index in [9.17, 15) is 9.59 Å². The molecule has 0 radical (unpaired) electrons. The minimum Gasteiger partial charge on any atom is -0.349 e. The Labute approximate surface area is 191 Å². The summed E-state index contributed by atoms with van der Waals surface area (Å²) in [7, 11) is 0. The average Bonchev–Trinajstić information content (AvgIpc) is 3.37. The summed E-state index contributed by atoms with van der Waals surface area (Å²) in [6.45, 7) is 7.53. The maximum atomic E-state index is 13.1. The number of carbonyl (C=O) groups is 2. The number of benzene rings is 1. The van der Waals surface area contributed by atoms with Crippen molar-refractivity contribution in [2.45, 2.75) is 46.3 Å². The monoisotopic (exact) mass is 458 g/mol. The maximum absolute atomic E-state index is 13.1. The number of aromatic nitrogens is 2. The molecule has 0 saturated heterocycles. The molecule has 0 aliphatic rings. The first kappa shape index (κ1) is 23.0. The molecule has 6 nitrogen and oxygen atoms in total. The van der Waals surface area contributed by atoms with Crippen molar-refractivity contribution in [3.05, 3.63) is 75.0 Å². The summed E-state index contributed by atoms with van der Waals surface area (Å²) in [5, 5.41) is 5.93. The number of thiazole rings is 1. The van der Waals surface area contributed by atoms with E-state index < -0.39 is 0 Å².